The molecule has 5 rings (SSSR count). The van der Waals surface area contributed by atoms with Gasteiger partial charge in [-0.2, -0.15) is 0 Å². The van der Waals surface area contributed by atoms with Crippen molar-refractivity contribution in [1.82, 2.24) is 9.97 Å². The minimum atomic E-state index is -3.65. The zero-order valence-electron chi connectivity index (χ0n) is 18.0. The second kappa shape index (κ2) is 8.49. The van der Waals surface area contributed by atoms with Gasteiger partial charge in [0, 0.05) is 28.5 Å². The smallest absolute Gasteiger partial charge is 0.166 e. The minimum absolute atomic E-state index is 0.0833. The number of anilines is 1. The van der Waals surface area contributed by atoms with E-state index in [0.717, 1.165) is 30.9 Å². The van der Waals surface area contributed by atoms with Gasteiger partial charge >= 0.3 is 0 Å². The molecule has 1 unspecified atom stereocenters. The monoisotopic (exact) mass is 516 g/mol. The van der Waals surface area contributed by atoms with Gasteiger partial charge in [0.05, 0.1) is 11.4 Å². The predicted molar refractivity (Wildman–Crippen MR) is 130 cm³/mol. The summed E-state index contributed by atoms with van der Waals surface area (Å²) in [5.74, 6) is -1.48. The van der Waals surface area contributed by atoms with Crippen molar-refractivity contribution in [3.63, 3.8) is 0 Å². The molecule has 2 heterocycles. The van der Waals surface area contributed by atoms with Crippen molar-refractivity contribution < 1.29 is 21.6 Å². The molecule has 2 aromatic heterocycles. The van der Waals surface area contributed by atoms with E-state index in [1.807, 2.05) is 30.3 Å². The molecule has 1 atom stereocenters. The number of nitrogens with zero attached hydrogens (tertiary/aromatic N) is 3. The van der Waals surface area contributed by atoms with Gasteiger partial charge in [-0.05, 0) is 48.7 Å². The van der Waals surface area contributed by atoms with E-state index in [4.69, 9.17) is 4.98 Å². The van der Waals surface area contributed by atoms with Gasteiger partial charge in [0.2, 0.25) is 0 Å². The van der Waals surface area contributed by atoms with E-state index in [2.05, 4.69) is 17.1 Å². The van der Waals surface area contributed by atoms with Crippen LogP contribution in [0.4, 0.5) is 10.1 Å². The lowest BCUT2D eigenvalue weighted by Crippen LogP contribution is -2.31. The molecule has 1 saturated carbocycles. The molecule has 2 aromatic carbocycles. The van der Waals surface area contributed by atoms with Crippen LogP contribution in [0.15, 0.2) is 60.7 Å². The fourth-order valence-corrected chi connectivity index (χ4v) is 6.77. The van der Waals surface area contributed by atoms with Crippen LogP contribution < -0.4 is 4.31 Å². The number of hydrogen-bond donors (Lipinski definition) is 0. The molecule has 0 N–H and O–H groups in total. The molecular formula is C23H19FN3O4S3-. The zero-order valence-corrected chi connectivity index (χ0v) is 20.4. The number of halogens is 1. The van der Waals surface area contributed by atoms with E-state index in [9.17, 15) is 21.6 Å². The first-order valence-electron chi connectivity index (χ1n) is 10.3. The molecule has 1 fully saturated rings. The summed E-state index contributed by atoms with van der Waals surface area (Å²) in [7, 11) is -3.65. The van der Waals surface area contributed by atoms with Crippen LogP contribution in [-0.4, -0.2) is 39.3 Å². The normalized spacial score (nSPS) is 15.9. The highest BCUT2D eigenvalue weighted by Gasteiger charge is 2.47. The molecule has 0 bridgehead atoms. The van der Waals surface area contributed by atoms with Gasteiger partial charge in [-0.3, -0.25) is 8.51 Å². The Morgan fingerprint density at radius 3 is 2.47 bits per heavy atom. The summed E-state index contributed by atoms with van der Waals surface area (Å²) >= 11 is -1.62. The van der Waals surface area contributed by atoms with E-state index < -0.39 is 32.8 Å². The molecule has 1 aliphatic rings. The Morgan fingerprint density at radius 2 is 1.85 bits per heavy atom. The van der Waals surface area contributed by atoms with Gasteiger partial charge in [-0.1, -0.05) is 41.7 Å². The van der Waals surface area contributed by atoms with Gasteiger partial charge in [0.1, 0.15) is 27.0 Å². The van der Waals surface area contributed by atoms with Crippen LogP contribution in [-0.2, 0) is 26.5 Å². The van der Waals surface area contributed by atoms with E-state index in [1.165, 1.54) is 29.0 Å². The lowest BCUT2D eigenvalue weighted by Gasteiger charge is -2.25. The van der Waals surface area contributed by atoms with Gasteiger partial charge in [0.25, 0.3) is 0 Å². The first-order valence-corrected chi connectivity index (χ1v) is 14.3. The van der Waals surface area contributed by atoms with Crippen molar-refractivity contribution in [2.45, 2.75) is 18.3 Å². The average molecular weight is 517 g/mol. The minimum Gasteiger partial charge on any atom is -0.755 e. The summed E-state index contributed by atoms with van der Waals surface area (Å²) < 4.78 is 61.7. The van der Waals surface area contributed by atoms with E-state index in [0.29, 0.717) is 19.7 Å². The Balaban J connectivity index is 1.49. The number of rotatable bonds is 7. The van der Waals surface area contributed by atoms with Crippen molar-refractivity contribution in [2.24, 2.45) is 0 Å². The molecular weight excluding hydrogens is 497 g/mol. The number of thiazole rings is 1. The van der Waals surface area contributed by atoms with Crippen molar-refractivity contribution in [3.8, 4) is 10.6 Å². The first kappa shape index (κ1) is 23.0. The standard InChI is InChI=1S/C23H20FN3O4S3/c1-34(30,31)14-27(33(28)29)16-7-8-17(18(24)13-16)21-25-19-9-10-20(26-22(19)32-21)23(11-12-23)15-5-3-2-4-6-15/h2-10,13H,11-12,14H2,1H3,(H,28,29)/p-1. The molecule has 7 nitrogen and oxygen atoms in total. The third kappa shape index (κ3) is 4.36. The molecule has 11 heteroatoms. The maximum absolute atomic E-state index is 15.0. The Labute approximate surface area is 202 Å². The fraction of sp³-hybridized carbons (Fsp3) is 0.217. The number of hydrogen-bond acceptors (Lipinski definition) is 7. The summed E-state index contributed by atoms with van der Waals surface area (Å²) in [6.45, 7) is 0. The molecule has 0 amide bonds. The Morgan fingerprint density at radius 1 is 1.12 bits per heavy atom. The molecule has 4 aromatic rings. The highest BCUT2D eigenvalue weighted by atomic mass is 32.2. The van der Waals surface area contributed by atoms with Crippen LogP contribution in [0.25, 0.3) is 20.9 Å². The van der Waals surface area contributed by atoms with E-state index >= 15 is 0 Å². The van der Waals surface area contributed by atoms with Crippen molar-refractivity contribution >= 4 is 48.5 Å². The molecule has 0 aliphatic heterocycles. The number of pyridine rings is 1. The summed E-state index contributed by atoms with van der Waals surface area (Å²) in [5.41, 5.74) is 2.85. The van der Waals surface area contributed by atoms with Crippen molar-refractivity contribution in [3.05, 3.63) is 77.7 Å². The maximum Gasteiger partial charge on any atom is 0.166 e. The number of sulfone groups is 1. The van der Waals surface area contributed by atoms with Gasteiger partial charge in [-0.15, -0.1) is 0 Å². The fourth-order valence-electron chi connectivity index (χ4n) is 4.02. The third-order valence-corrected chi connectivity index (χ3v) is 8.41. The highest BCUT2D eigenvalue weighted by Crippen LogP contribution is 2.53. The quantitative estimate of drug-likeness (QED) is 0.342. The average Bonchev–Trinajstić information content (AvgIpc) is 3.50. The molecule has 0 radical (unpaired) electrons. The Kier molecular flexibility index (Phi) is 5.75. The van der Waals surface area contributed by atoms with Gasteiger partial charge < -0.3 is 4.55 Å². The summed E-state index contributed by atoms with van der Waals surface area (Å²) in [6, 6.07) is 17.9. The second-order valence-electron chi connectivity index (χ2n) is 8.30. The van der Waals surface area contributed by atoms with Gasteiger partial charge in [-0.25, -0.2) is 22.8 Å². The second-order valence-corrected chi connectivity index (χ2v) is 12.3. The van der Waals surface area contributed by atoms with Crippen LogP contribution in [0.5, 0.6) is 0 Å². The van der Waals surface area contributed by atoms with Crippen LogP contribution in [0, 0.1) is 5.82 Å². The maximum atomic E-state index is 15.0. The lowest BCUT2D eigenvalue weighted by molar-refractivity contribution is 0.533. The summed E-state index contributed by atoms with van der Waals surface area (Å²) in [6.07, 6.45) is 2.94. The largest absolute Gasteiger partial charge is 0.755 e. The van der Waals surface area contributed by atoms with Crippen molar-refractivity contribution in [2.75, 3.05) is 16.4 Å². The SMILES string of the molecule is CS(=O)(=O)CN(c1ccc(-c2nc3ccc(C4(c5ccccc5)CC4)nc3s2)c(F)c1)S(=O)[O-]. The number of aromatic nitrogens is 2. The molecule has 0 spiro atoms. The first-order chi connectivity index (χ1) is 16.2. The van der Waals surface area contributed by atoms with Crippen LogP contribution in [0.3, 0.4) is 0 Å². The lowest BCUT2D eigenvalue weighted by atomic mass is 9.92. The zero-order chi connectivity index (χ0) is 24.1. The van der Waals surface area contributed by atoms with Crippen LogP contribution >= 0.6 is 11.3 Å². The third-order valence-electron chi connectivity index (χ3n) is 5.82. The number of fused-ring (bicyclic) bond motifs is 1. The number of benzene rings is 2. The topological polar surface area (TPSA) is 103 Å². The van der Waals surface area contributed by atoms with E-state index in [1.54, 1.807) is 0 Å². The highest BCUT2D eigenvalue weighted by molar-refractivity contribution is 7.92. The molecule has 1 aliphatic carbocycles. The van der Waals surface area contributed by atoms with Gasteiger partial charge in [0.15, 0.2) is 9.84 Å². The summed E-state index contributed by atoms with van der Waals surface area (Å²) in [5, 5.41) is 0.408. The van der Waals surface area contributed by atoms with Crippen LogP contribution in [0.1, 0.15) is 24.1 Å². The Hall–Kier alpha value is -2.73. The molecule has 0 saturated heterocycles. The van der Waals surface area contributed by atoms with Crippen molar-refractivity contribution in [1.29, 1.82) is 0 Å². The van der Waals surface area contributed by atoms with E-state index in [-0.39, 0.29) is 16.7 Å². The molecule has 34 heavy (non-hydrogen) atoms. The predicted octanol–water partition coefficient (Wildman–Crippen LogP) is 4.18. The van der Waals surface area contributed by atoms with Crippen LogP contribution in [0.2, 0.25) is 0 Å². The summed E-state index contributed by atoms with van der Waals surface area (Å²) in [4.78, 5) is 10.1. The Bertz CT molecular complexity index is 1520. The molecule has 176 valence electrons.